The lowest BCUT2D eigenvalue weighted by atomic mass is 10.2. The fraction of sp³-hybridized carbons (Fsp3) is 0.190. The van der Waals surface area contributed by atoms with Crippen molar-refractivity contribution >= 4 is 11.6 Å². The first-order valence-electron chi connectivity index (χ1n) is 8.75. The number of methoxy groups -OCH3 is 1. The van der Waals surface area contributed by atoms with Crippen LogP contribution in [-0.2, 0) is 17.9 Å². The quantitative estimate of drug-likeness (QED) is 0.664. The van der Waals surface area contributed by atoms with Crippen LogP contribution in [0.4, 0.5) is 5.69 Å². The molecular weight excluding hydrogens is 358 g/mol. The molecule has 0 radical (unpaired) electrons. The Hall–Kier alpha value is -3.61. The van der Waals surface area contributed by atoms with Gasteiger partial charge in [0.25, 0.3) is 0 Å². The van der Waals surface area contributed by atoms with Crippen LogP contribution >= 0.6 is 0 Å². The second-order valence-electron chi connectivity index (χ2n) is 6.43. The molecule has 3 aromatic rings. The lowest BCUT2D eigenvalue weighted by Crippen LogP contribution is -2.42. The average molecular weight is 379 g/mol. The number of nitrogens with zero attached hydrogens (tertiary/aromatic N) is 2. The van der Waals surface area contributed by atoms with Crippen molar-refractivity contribution in [3.8, 4) is 5.75 Å². The first-order chi connectivity index (χ1) is 13.5. The van der Waals surface area contributed by atoms with Gasteiger partial charge in [0.1, 0.15) is 12.3 Å². The number of nitrogens with one attached hydrogen (secondary N) is 1. The standard InChI is InChI=1S/C21H21N3O4/c1-15-4-3-5-17(12-15)22-19(25)14-24-11-10-23(20(26)21(24)27)13-16-6-8-18(28-2)9-7-16/h3-12H,13-14H2,1-2H3,(H,22,25). The Morgan fingerprint density at radius 1 is 1.00 bits per heavy atom. The molecule has 0 aliphatic heterocycles. The highest BCUT2D eigenvalue weighted by Crippen LogP contribution is 2.12. The fourth-order valence-electron chi connectivity index (χ4n) is 2.80. The van der Waals surface area contributed by atoms with Gasteiger partial charge in [0.2, 0.25) is 5.91 Å². The first-order valence-corrected chi connectivity index (χ1v) is 8.75. The van der Waals surface area contributed by atoms with Gasteiger partial charge in [-0.15, -0.1) is 0 Å². The molecule has 0 bridgehead atoms. The van der Waals surface area contributed by atoms with Gasteiger partial charge in [0, 0.05) is 18.1 Å². The van der Waals surface area contributed by atoms with Crippen LogP contribution in [0.5, 0.6) is 5.75 Å². The lowest BCUT2D eigenvalue weighted by Gasteiger charge is -2.10. The SMILES string of the molecule is COc1ccc(Cn2ccn(CC(=O)Nc3cccc(C)c3)c(=O)c2=O)cc1. The van der Waals surface area contributed by atoms with Crippen LogP contribution in [0.15, 0.2) is 70.5 Å². The molecule has 3 rings (SSSR count). The molecule has 28 heavy (non-hydrogen) atoms. The highest BCUT2D eigenvalue weighted by molar-refractivity contribution is 5.90. The van der Waals surface area contributed by atoms with Crippen LogP contribution in [-0.4, -0.2) is 22.2 Å². The molecule has 0 aliphatic carbocycles. The molecule has 0 saturated carbocycles. The zero-order chi connectivity index (χ0) is 20.1. The lowest BCUT2D eigenvalue weighted by molar-refractivity contribution is -0.116. The van der Waals surface area contributed by atoms with E-state index in [1.54, 1.807) is 25.3 Å². The molecule has 1 heterocycles. The smallest absolute Gasteiger partial charge is 0.316 e. The molecule has 0 aliphatic rings. The highest BCUT2D eigenvalue weighted by atomic mass is 16.5. The minimum absolute atomic E-state index is 0.231. The summed E-state index contributed by atoms with van der Waals surface area (Å²) in [7, 11) is 1.58. The van der Waals surface area contributed by atoms with Crippen LogP contribution in [0.3, 0.4) is 0 Å². The maximum Gasteiger partial charge on any atom is 0.316 e. The predicted molar refractivity (Wildman–Crippen MR) is 107 cm³/mol. The van der Waals surface area contributed by atoms with Crippen molar-refractivity contribution < 1.29 is 9.53 Å². The van der Waals surface area contributed by atoms with Gasteiger partial charge in [0.05, 0.1) is 13.7 Å². The number of amides is 1. The maximum atomic E-state index is 12.4. The van der Waals surface area contributed by atoms with E-state index in [4.69, 9.17) is 4.74 Å². The summed E-state index contributed by atoms with van der Waals surface area (Å²) < 4.78 is 7.53. The first kappa shape index (κ1) is 19.2. The minimum Gasteiger partial charge on any atom is -0.497 e. The average Bonchev–Trinajstić information content (AvgIpc) is 2.68. The van der Waals surface area contributed by atoms with Crippen LogP contribution in [0.25, 0.3) is 0 Å². The van der Waals surface area contributed by atoms with E-state index in [0.717, 1.165) is 15.7 Å². The third kappa shape index (κ3) is 4.56. The van der Waals surface area contributed by atoms with E-state index in [0.29, 0.717) is 11.4 Å². The Bertz CT molecular complexity index is 1100. The Balaban J connectivity index is 1.73. The van der Waals surface area contributed by atoms with E-state index < -0.39 is 11.1 Å². The molecule has 1 N–H and O–H groups in total. The molecule has 0 atom stereocenters. The molecule has 7 nitrogen and oxygen atoms in total. The summed E-state index contributed by atoms with van der Waals surface area (Å²) in [4.78, 5) is 36.9. The monoisotopic (exact) mass is 379 g/mol. The van der Waals surface area contributed by atoms with Crippen LogP contribution in [0, 0.1) is 6.92 Å². The number of carbonyl (C=O) groups is 1. The third-order valence-corrected chi connectivity index (χ3v) is 4.26. The van der Waals surface area contributed by atoms with E-state index in [-0.39, 0.29) is 19.0 Å². The molecule has 0 fully saturated rings. The van der Waals surface area contributed by atoms with Crippen LogP contribution < -0.4 is 21.2 Å². The van der Waals surface area contributed by atoms with Crippen molar-refractivity contribution in [3.63, 3.8) is 0 Å². The molecule has 2 aromatic carbocycles. The van der Waals surface area contributed by atoms with Crippen molar-refractivity contribution in [2.75, 3.05) is 12.4 Å². The Morgan fingerprint density at radius 2 is 1.68 bits per heavy atom. The number of hydrogen-bond acceptors (Lipinski definition) is 4. The molecule has 0 spiro atoms. The normalized spacial score (nSPS) is 10.5. The van der Waals surface area contributed by atoms with E-state index in [1.807, 2.05) is 37.3 Å². The van der Waals surface area contributed by atoms with E-state index >= 15 is 0 Å². The number of carbonyl (C=O) groups excluding carboxylic acids is 1. The van der Waals surface area contributed by atoms with E-state index in [1.165, 1.54) is 17.0 Å². The van der Waals surface area contributed by atoms with Crippen LogP contribution in [0.1, 0.15) is 11.1 Å². The second-order valence-corrected chi connectivity index (χ2v) is 6.43. The summed E-state index contributed by atoms with van der Waals surface area (Å²) in [6.45, 7) is 1.95. The number of ether oxygens (including phenoxy) is 1. The zero-order valence-corrected chi connectivity index (χ0v) is 15.7. The molecular formula is C21H21N3O4. The number of aryl methyl sites for hydroxylation is 1. The third-order valence-electron chi connectivity index (χ3n) is 4.26. The van der Waals surface area contributed by atoms with Crippen molar-refractivity contribution in [3.05, 3.63) is 92.8 Å². The summed E-state index contributed by atoms with van der Waals surface area (Å²) in [5.74, 6) is 0.339. The van der Waals surface area contributed by atoms with E-state index in [2.05, 4.69) is 5.32 Å². The van der Waals surface area contributed by atoms with Gasteiger partial charge in [-0.2, -0.15) is 0 Å². The molecule has 1 amide bonds. The summed E-state index contributed by atoms with van der Waals surface area (Å²) in [5, 5.41) is 2.72. The summed E-state index contributed by atoms with van der Waals surface area (Å²) in [5.41, 5.74) is 1.09. The molecule has 144 valence electrons. The van der Waals surface area contributed by atoms with Crippen molar-refractivity contribution in [1.82, 2.24) is 9.13 Å². The van der Waals surface area contributed by atoms with Gasteiger partial charge in [-0.1, -0.05) is 24.3 Å². The van der Waals surface area contributed by atoms with Gasteiger partial charge in [-0.25, -0.2) is 0 Å². The van der Waals surface area contributed by atoms with Gasteiger partial charge >= 0.3 is 11.1 Å². The number of rotatable bonds is 6. The molecule has 7 heteroatoms. The highest BCUT2D eigenvalue weighted by Gasteiger charge is 2.10. The Morgan fingerprint density at radius 3 is 2.36 bits per heavy atom. The second kappa shape index (κ2) is 8.39. The summed E-state index contributed by atoms with van der Waals surface area (Å²) in [6.07, 6.45) is 2.96. The van der Waals surface area contributed by atoms with E-state index in [9.17, 15) is 14.4 Å². The van der Waals surface area contributed by atoms with Crippen molar-refractivity contribution in [2.24, 2.45) is 0 Å². The van der Waals surface area contributed by atoms with Crippen molar-refractivity contribution in [1.29, 1.82) is 0 Å². The maximum absolute atomic E-state index is 12.4. The molecule has 0 saturated heterocycles. The summed E-state index contributed by atoms with van der Waals surface area (Å²) in [6, 6.07) is 14.6. The van der Waals surface area contributed by atoms with Crippen LogP contribution in [0.2, 0.25) is 0 Å². The zero-order valence-electron chi connectivity index (χ0n) is 15.7. The predicted octanol–water partition coefficient (Wildman–Crippen LogP) is 2.01. The topological polar surface area (TPSA) is 82.3 Å². The van der Waals surface area contributed by atoms with Gasteiger partial charge in [0.15, 0.2) is 0 Å². The summed E-state index contributed by atoms with van der Waals surface area (Å²) >= 11 is 0. The van der Waals surface area contributed by atoms with Gasteiger partial charge in [-0.05, 0) is 42.3 Å². The Labute approximate surface area is 161 Å². The molecule has 1 aromatic heterocycles. The molecule has 0 unspecified atom stereocenters. The van der Waals surface area contributed by atoms with Crippen molar-refractivity contribution in [2.45, 2.75) is 20.0 Å². The van der Waals surface area contributed by atoms with Gasteiger partial charge in [-0.3, -0.25) is 19.0 Å². The van der Waals surface area contributed by atoms with Gasteiger partial charge < -0.3 is 14.6 Å². The fourth-order valence-corrected chi connectivity index (χ4v) is 2.80. The number of benzene rings is 2. The Kier molecular flexibility index (Phi) is 5.74. The number of anilines is 1. The largest absolute Gasteiger partial charge is 0.497 e. The number of aromatic nitrogens is 2. The minimum atomic E-state index is -0.740. The number of hydrogen-bond donors (Lipinski definition) is 1.